The Kier molecular flexibility index (Phi) is 5.45. The molecule has 0 radical (unpaired) electrons. The zero-order valence-corrected chi connectivity index (χ0v) is 16.6. The maximum atomic E-state index is 13.5. The molecule has 3 amide bonds. The van der Waals surface area contributed by atoms with Crippen molar-refractivity contribution >= 4 is 46.5 Å². The van der Waals surface area contributed by atoms with Gasteiger partial charge < -0.3 is 21.3 Å². The van der Waals surface area contributed by atoms with E-state index in [4.69, 9.17) is 0 Å². The summed E-state index contributed by atoms with van der Waals surface area (Å²) in [6.45, 7) is 0. The lowest BCUT2D eigenvalue weighted by atomic mass is 10.0. The van der Waals surface area contributed by atoms with Crippen molar-refractivity contribution < 1.29 is 18.8 Å². The molecule has 0 aromatic heterocycles. The first-order valence-corrected chi connectivity index (χ1v) is 10.5. The fourth-order valence-electron chi connectivity index (χ4n) is 3.33. The van der Waals surface area contributed by atoms with Crippen molar-refractivity contribution in [3.05, 3.63) is 66.0 Å². The Bertz CT molecular complexity index is 1050. The van der Waals surface area contributed by atoms with Crippen molar-refractivity contribution in [1.29, 1.82) is 0 Å². The number of carbonyl (C=O) groups is 3. The van der Waals surface area contributed by atoms with Gasteiger partial charge in [-0.3, -0.25) is 14.4 Å². The smallest absolute Gasteiger partial charge is 0.255 e. The molecular formula is C21H19FN4O3S. The Labute approximate surface area is 176 Å². The van der Waals surface area contributed by atoms with Gasteiger partial charge in [0.25, 0.3) is 5.91 Å². The van der Waals surface area contributed by atoms with Gasteiger partial charge in [-0.25, -0.2) is 4.39 Å². The lowest BCUT2D eigenvalue weighted by Gasteiger charge is -2.37. The minimum absolute atomic E-state index is 0.0270. The summed E-state index contributed by atoms with van der Waals surface area (Å²) in [5.74, 6) is -0.162. The van der Waals surface area contributed by atoms with Crippen LogP contribution in [0, 0.1) is 5.82 Å². The second-order valence-electron chi connectivity index (χ2n) is 7.02. The van der Waals surface area contributed by atoms with Gasteiger partial charge in [0, 0.05) is 29.3 Å². The molecule has 1 unspecified atom stereocenters. The Balaban J connectivity index is 1.39. The summed E-state index contributed by atoms with van der Waals surface area (Å²) in [6, 6.07) is 10.8. The third-order valence-corrected chi connectivity index (χ3v) is 5.99. The normalized spacial score (nSPS) is 19.8. The molecule has 4 N–H and O–H groups in total. The molecule has 1 saturated heterocycles. The lowest BCUT2D eigenvalue weighted by molar-refractivity contribution is -0.114. The van der Waals surface area contributed by atoms with Gasteiger partial charge in [-0.1, -0.05) is 12.1 Å². The number of fused-ring (bicyclic) bond motifs is 1. The van der Waals surface area contributed by atoms with Crippen LogP contribution in [0.5, 0.6) is 0 Å². The molecule has 9 heteroatoms. The van der Waals surface area contributed by atoms with E-state index in [1.165, 1.54) is 18.2 Å². The number of benzene rings is 2. The molecule has 2 aliphatic rings. The van der Waals surface area contributed by atoms with Crippen LogP contribution < -0.4 is 21.3 Å². The Morgan fingerprint density at radius 2 is 1.83 bits per heavy atom. The van der Waals surface area contributed by atoms with Gasteiger partial charge in [0.15, 0.2) is 0 Å². The SMILES string of the molecule is O=C(/C=C/C(=O)Nc1ccccc1F)Nc1ccc2c(c1)C(=O)NC1(CCSC1)N2. The number of hydrogen-bond acceptors (Lipinski definition) is 5. The third kappa shape index (κ3) is 4.30. The highest BCUT2D eigenvalue weighted by Gasteiger charge is 2.40. The summed E-state index contributed by atoms with van der Waals surface area (Å²) < 4.78 is 13.5. The zero-order valence-electron chi connectivity index (χ0n) is 15.8. The monoisotopic (exact) mass is 426 g/mol. The number of para-hydroxylation sites is 1. The quantitative estimate of drug-likeness (QED) is 0.564. The lowest BCUT2D eigenvalue weighted by Crippen LogP contribution is -2.57. The predicted molar refractivity (Wildman–Crippen MR) is 115 cm³/mol. The molecular weight excluding hydrogens is 407 g/mol. The topological polar surface area (TPSA) is 99.3 Å². The van der Waals surface area contributed by atoms with Crippen LogP contribution in [0.2, 0.25) is 0 Å². The van der Waals surface area contributed by atoms with Crippen LogP contribution in [0.4, 0.5) is 21.5 Å². The van der Waals surface area contributed by atoms with E-state index in [9.17, 15) is 18.8 Å². The largest absolute Gasteiger partial charge is 0.361 e. The van der Waals surface area contributed by atoms with Gasteiger partial charge in [-0.15, -0.1) is 0 Å². The number of amides is 3. The maximum absolute atomic E-state index is 13.5. The van der Waals surface area contributed by atoms with E-state index in [0.29, 0.717) is 11.3 Å². The highest BCUT2D eigenvalue weighted by atomic mass is 32.2. The number of hydrogen-bond donors (Lipinski definition) is 4. The number of thioether (sulfide) groups is 1. The second-order valence-corrected chi connectivity index (χ2v) is 8.12. The summed E-state index contributed by atoms with van der Waals surface area (Å²) in [5, 5.41) is 11.4. The number of rotatable bonds is 4. The van der Waals surface area contributed by atoms with Gasteiger partial charge in [0.05, 0.1) is 11.3 Å². The maximum Gasteiger partial charge on any atom is 0.255 e. The van der Waals surface area contributed by atoms with E-state index in [0.717, 1.165) is 35.8 Å². The number of anilines is 3. The third-order valence-electron chi connectivity index (χ3n) is 4.80. The first-order valence-electron chi connectivity index (χ1n) is 9.31. The van der Waals surface area contributed by atoms with Crippen molar-refractivity contribution in [3.63, 3.8) is 0 Å². The Morgan fingerprint density at radius 3 is 2.57 bits per heavy atom. The molecule has 0 bridgehead atoms. The van der Waals surface area contributed by atoms with Gasteiger partial charge in [0.2, 0.25) is 11.8 Å². The minimum Gasteiger partial charge on any atom is -0.361 e. The zero-order chi connectivity index (χ0) is 21.1. The standard InChI is InChI=1S/C21H19FN4O3S/c22-15-3-1-2-4-17(15)24-19(28)8-7-18(27)23-13-5-6-16-14(11-13)20(29)26-21(25-16)9-10-30-12-21/h1-8,11,25H,9-10,12H2,(H,23,27)(H,24,28)(H,26,29)/b8-7+. The van der Waals surface area contributed by atoms with Gasteiger partial charge in [-0.05, 0) is 42.5 Å². The van der Waals surface area contributed by atoms with E-state index >= 15 is 0 Å². The van der Waals surface area contributed by atoms with Crippen LogP contribution in [-0.4, -0.2) is 34.9 Å². The molecule has 2 aliphatic heterocycles. The summed E-state index contributed by atoms with van der Waals surface area (Å²) >= 11 is 1.78. The van der Waals surface area contributed by atoms with Crippen molar-refractivity contribution in [1.82, 2.24) is 5.32 Å². The molecule has 2 aromatic rings. The molecule has 0 saturated carbocycles. The number of nitrogens with one attached hydrogen (secondary N) is 4. The van der Waals surface area contributed by atoms with E-state index in [1.807, 2.05) is 0 Å². The Hall–Kier alpha value is -3.33. The highest BCUT2D eigenvalue weighted by molar-refractivity contribution is 7.99. The molecule has 30 heavy (non-hydrogen) atoms. The molecule has 1 spiro atoms. The highest BCUT2D eigenvalue weighted by Crippen LogP contribution is 2.35. The van der Waals surface area contributed by atoms with E-state index in [1.54, 1.807) is 36.0 Å². The average Bonchev–Trinajstić information content (AvgIpc) is 3.16. The van der Waals surface area contributed by atoms with Crippen LogP contribution in [0.3, 0.4) is 0 Å². The predicted octanol–water partition coefficient (Wildman–Crippen LogP) is 2.95. The van der Waals surface area contributed by atoms with Crippen molar-refractivity contribution in [2.75, 3.05) is 27.5 Å². The fraction of sp³-hybridized carbons (Fsp3) is 0.190. The van der Waals surface area contributed by atoms with Crippen LogP contribution in [-0.2, 0) is 9.59 Å². The average molecular weight is 426 g/mol. The van der Waals surface area contributed by atoms with Crippen LogP contribution in [0.25, 0.3) is 0 Å². The molecule has 2 aromatic carbocycles. The summed E-state index contributed by atoms with van der Waals surface area (Å²) in [5.41, 5.74) is 1.20. The van der Waals surface area contributed by atoms with Crippen LogP contribution in [0.1, 0.15) is 16.8 Å². The molecule has 7 nitrogen and oxygen atoms in total. The molecule has 0 aliphatic carbocycles. The molecule has 1 atom stereocenters. The van der Waals surface area contributed by atoms with E-state index < -0.39 is 23.3 Å². The summed E-state index contributed by atoms with van der Waals surface area (Å²) in [6.07, 6.45) is 2.90. The molecule has 4 rings (SSSR count). The molecule has 154 valence electrons. The number of carbonyl (C=O) groups excluding carboxylic acids is 3. The van der Waals surface area contributed by atoms with Gasteiger partial charge in [0.1, 0.15) is 11.5 Å². The van der Waals surface area contributed by atoms with Gasteiger partial charge in [-0.2, -0.15) is 11.8 Å². The Morgan fingerprint density at radius 1 is 1.07 bits per heavy atom. The van der Waals surface area contributed by atoms with E-state index in [2.05, 4.69) is 21.3 Å². The molecule has 2 heterocycles. The van der Waals surface area contributed by atoms with Crippen LogP contribution >= 0.6 is 11.8 Å². The van der Waals surface area contributed by atoms with Crippen molar-refractivity contribution in [2.24, 2.45) is 0 Å². The van der Waals surface area contributed by atoms with E-state index in [-0.39, 0.29) is 11.6 Å². The van der Waals surface area contributed by atoms with Gasteiger partial charge >= 0.3 is 0 Å². The molecule has 1 fully saturated rings. The summed E-state index contributed by atoms with van der Waals surface area (Å²) in [7, 11) is 0. The number of halogens is 1. The van der Waals surface area contributed by atoms with Crippen molar-refractivity contribution in [3.8, 4) is 0 Å². The minimum atomic E-state index is -0.635. The second kappa shape index (κ2) is 8.19. The van der Waals surface area contributed by atoms with Crippen LogP contribution in [0.15, 0.2) is 54.6 Å². The van der Waals surface area contributed by atoms with Crippen molar-refractivity contribution in [2.45, 2.75) is 12.1 Å². The first-order chi connectivity index (χ1) is 14.4. The summed E-state index contributed by atoms with van der Waals surface area (Å²) in [4.78, 5) is 36.5. The fourth-order valence-corrected chi connectivity index (χ4v) is 4.60. The first kappa shape index (κ1) is 20.0.